The fraction of sp³-hybridized carbons (Fsp3) is 0.333. The zero-order valence-electron chi connectivity index (χ0n) is 14.1. The van der Waals surface area contributed by atoms with Crippen molar-refractivity contribution in [1.29, 1.82) is 0 Å². The van der Waals surface area contributed by atoms with Gasteiger partial charge in [-0.3, -0.25) is 9.59 Å². The van der Waals surface area contributed by atoms with E-state index in [0.29, 0.717) is 11.4 Å². The average Bonchev–Trinajstić information content (AvgIpc) is 2.95. The van der Waals surface area contributed by atoms with E-state index in [9.17, 15) is 14.7 Å². The first-order chi connectivity index (χ1) is 11.2. The lowest BCUT2D eigenvalue weighted by Gasteiger charge is -2.22. The lowest BCUT2D eigenvalue weighted by atomic mass is 10.0. The number of carbonyl (C=O) groups is 2. The summed E-state index contributed by atoms with van der Waals surface area (Å²) in [5.74, 6) is -0.961. The molecule has 0 fully saturated rings. The first-order valence-electron chi connectivity index (χ1n) is 7.67. The Kier molecular flexibility index (Phi) is 5.41. The molecule has 0 saturated heterocycles. The Morgan fingerprint density at radius 2 is 1.83 bits per heavy atom. The third kappa shape index (κ3) is 5.24. The lowest BCUT2D eigenvalue weighted by molar-refractivity contribution is -0.136. The summed E-state index contributed by atoms with van der Waals surface area (Å²) in [6, 6.07) is 9.00. The molecule has 0 aliphatic carbocycles. The van der Waals surface area contributed by atoms with E-state index < -0.39 is 17.4 Å². The number of aliphatic hydroxyl groups is 1. The zero-order valence-corrected chi connectivity index (χ0v) is 14.1. The molecule has 1 atom stereocenters. The van der Waals surface area contributed by atoms with E-state index in [0.717, 1.165) is 11.1 Å². The van der Waals surface area contributed by atoms with Gasteiger partial charge in [0.25, 0.3) is 0 Å². The van der Waals surface area contributed by atoms with Gasteiger partial charge in [-0.05, 0) is 56.2 Å². The quantitative estimate of drug-likeness (QED) is 0.731. The van der Waals surface area contributed by atoms with Crippen LogP contribution >= 0.6 is 0 Å². The van der Waals surface area contributed by atoms with Crippen molar-refractivity contribution in [2.75, 3.05) is 11.9 Å². The molecule has 3 N–H and O–H groups in total. The fourth-order valence-electron chi connectivity index (χ4n) is 2.44. The minimum atomic E-state index is -1.21. The van der Waals surface area contributed by atoms with E-state index in [-0.39, 0.29) is 13.0 Å². The molecule has 24 heavy (non-hydrogen) atoms. The first-order valence-corrected chi connectivity index (χ1v) is 7.67. The topological polar surface area (TPSA) is 91.6 Å². The smallest absolute Gasteiger partial charge is 0.313 e. The standard InChI is InChI=1S/C18H22N2O4/c1-12-7-13(2)9-14(8-12)20-17(22)16(21)19-11-18(3,23)10-15-5-4-6-24-15/h4-9,23H,10-11H2,1-3H3,(H,19,21)(H,20,22). The minimum Gasteiger partial charge on any atom is -0.469 e. The SMILES string of the molecule is Cc1cc(C)cc(NC(=O)C(=O)NCC(C)(O)Cc2ccco2)c1. The van der Waals surface area contributed by atoms with Crippen molar-refractivity contribution in [3.05, 3.63) is 53.5 Å². The number of benzene rings is 1. The number of carbonyl (C=O) groups excluding carboxylic acids is 2. The second-order valence-corrected chi connectivity index (χ2v) is 6.27. The van der Waals surface area contributed by atoms with E-state index in [1.807, 2.05) is 19.9 Å². The van der Waals surface area contributed by atoms with E-state index in [2.05, 4.69) is 10.6 Å². The monoisotopic (exact) mass is 330 g/mol. The van der Waals surface area contributed by atoms with Crippen molar-refractivity contribution in [3.63, 3.8) is 0 Å². The Morgan fingerprint density at radius 3 is 2.42 bits per heavy atom. The molecule has 0 aliphatic heterocycles. The highest BCUT2D eigenvalue weighted by molar-refractivity contribution is 6.39. The minimum absolute atomic E-state index is 0.0627. The van der Waals surface area contributed by atoms with Crippen LogP contribution in [0.15, 0.2) is 41.0 Å². The van der Waals surface area contributed by atoms with Crippen LogP contribution in [0.3, 0.4) is 0 Å². The second kappa shape index (κ2) is 7.31. The molecule has 2 rings (SSSR count). The van der Waals surface area contributed by atoms with Crippen LogP contribution in [0.25, 0.3) is 0 Å². The molecule has 0 radical (unpaired) electrons. The molecular weight excluding hydrogens is 308 g/mol. The highest BCUT2D eigenvalue weighted by atomic mass is 16.3. The molecule has 128 valence electrons. The van der Waals surface area contributed by atoms with Gasteiger partial charge in [-0.15, -0.1) is 0 Å². The van der Waals surface area contributed by atoms with Crippen LogP contribution in [0, 0.1) is 13.8 Å². The molecule has 1 aromatic carbocycles. The van der Waals surface area contributed by atoms with Crippen LogP contribution in [0.4, 0.5) is 5.69 Å². The maximum atomic E-state index is 11.9. The van der Waals surface area contributed by atoms with Crippen LogP contribution in [0.2, 0.25) is 0 Å². The second-order valence-electron chi connectivity index (χ2n) is 6.27. The van der Waals surface area contributed by atoms with Crippen LogP contribution in [0.1, 0.15) is 23.8 Å². The van der Waals surface area contributed by atoms with E-state index in [1.54, 1.807) is 31.2 Å². The Bertz CT molecular complexity index is 700. The number of anilines is 1. The van der Waals surface area contributed by atoms with Crippen molar-refractivity contribution in [2.24, 2.45) is 0 Å². The Labute approximate surface area is 140 Å². The predicted molar refractivity (Wildman–Crippen MR) is 90.6 cm³/mol. The summed E-state index contributed by atoms with van der Waals surface area (Å²) < 4.78 is 5.17. The highest BCUT2D eigenvalue weighted by Gasteiger charge is 2.25. The van der Waals surface area contributed by atoms with Gasteiger partial charge in [0.15, 0.2) is 0 Å². The Balaban J connectivity index is 1.88. The third-order valence-electron chi connectivity index (χ3n) is 3.45. The summed E-state index contributed by atoms with van der Waals surface area (Å²) in [5, 5.41) is 15.3. The third-order valence-corrected chi connectivity index (χ3v) is 3.45. The van der Waals surface area contributed by atoms with Gasteiger partial charge in [0, 0.05) is 18.7 Å². The molecular formula is C18H22N2O4. The van der Waals surface area contributed by atoms with Crippen molar-refractivity contribution >= 4 is 17.5 Å². The summed E-state index contributed by atoms with van der Waals surface area (Å²) in [7, 11) is 0. The first kappa shape index (κ1) is 17.7. The zero-order chi connectivity index (χ0) is 17.7. The van der Waals surface area contributed by atoms with Gasteiger partial charge in [-0.2, -0.15) is 0 Å². The molecule has 0 spiro atoms. The van der Waals surface area contributed by atoms with Crippen molar-refractivity contribution < 1.29 is 19.1 Å². The van der Waals surface area contributed by atoms with Gasteiger partial charge in [-0.1, -0.05) is 6.07 Å². The van der Waals surface area contributed by atoms with E-state index in [1.165, 1.54) is 6.26 Å². The highest BCUT2D eigenvalue weighted by Crippen LogP contribution is 2.14. The molecule has 0 aliphatic rings. The molecule has 6 nitrogen and oxygen atoms in total. The van der Waals surface area contributed by atoms with Gasteiger partial charge in [0.2, 0.25) is 0 Å². The largest absolute Gasteiger partial charge is 0.469 e. The van der Waals surface area contributed by atoms with Crippen molar-refractivity contribution in [2.45, 2.75) is 32.8 Å². The predicted octanol–water partition coefficient (Wildman–Crippen LogP) is 1.94. The number of aryl methyl sites for hydroxylation is 2. The fourth-order valence-corrected chi connectivity index (χ4v) is 2.44. The number of hydrogen-bond donors (Lipinski definition) is 3. The number of amides is 2. The molecule has 6 heteroatoms. The Morgan fingerprint density at radius 1 is 1.17 bits per heavy atom. The van der Waals surface area contributed by atoms with E-state index >= 15 is 0 Å². The van der Waals surface area contributed by atoms with Crippen molar-refractivity contribution in [3.8, 4) is 0 Å². The molecule has 2 aromatic rings. The molecule has 1 aromatic heterocycles. The summed E-state index contributed by atoms with van der Waals surface area (Å²) in [6.07, 6.45) is 1.75. The normalized spacial score (nSPS) is 13.2. The summed E-state index contributed by atoms with van der Waals surface area (Å²) in [5.41, 5.74) is 1.34. The van der Waals surface area contributed by atoms with Gasteiger partial charge in [0.1, 0.15) is 5.76 Å². The molecule has 1 heterocycles. The van der Waals surface area contributed by atoms with Crippen LogP contribution in [-0.4, -0.2) is 29.1 Å². The molecule has 0 bridgehead atoms. The van der Waals surface area contributed by atoms with Gasteiger partial charge in [0.05, 0.1) is 11.9 Å². The summed E-state index contributed by atoms with van der Waals surface area (Å²) >= 11 is 0. The maximum Gasteiger partial charge on any atom is 0.313 e. The van der Waals surface area contributed by atoms with Crippen LogP contribution in [0.5, 0.6) is 0 Å². The molecule has 1 unspecified atom stereocenters. The average molecular weight is 330 g/mol. The number of rotatable bonds is 5. The number of furan rings is 1. The van der Waals surface area contributed by atoms with E-state index in [4.69, 9.17) is 4.42 Å². The Hall–Kier alpha value is -2.60. The van der Waals surface area contributed by atoms with Gasteiger partial charge >= 0.3 is 11.8 Å². The summed E-state index contributed by atoms with van der Waals surface area (Å²) in [4.78, 5) is 23.9. The van der Waals surface area contributed by atoms with Crippen LogP contribution in [-0.2, 0) is 16.0 Å². The van der Waals surface area contributed by atoms with Crippen LogP contribution < -0.4 is 10.6 Å². The molecule has 2 amide bonds. The van der Waals surface area contributed by atoms with Crippen molar-refractivity contribution in [1.82, 2.24) is 5.32 Å². The summed E-state index contributed by atoms with van der Waals surface area (Å²) in [6.45, 7) is 5.33. The maximum absolute atomic E-state index is 11.9. The molecule has 0 saturated carbocycles. The number of nitrogens with one attached hydrogen (secondary N) is 2. The van der Waals surface area contributed by atoms with Gasteiger partial charge in [-0.25, -0.2) is 0 Å². The number of hydrogen-bond acceptors (Lipinski definition) is 4. The lowest BCUT2D eigenvalue weighted by Crippen LogP contribution is -2.45. The van der Waals surface area contributed by atoms with Gasteiger partial charge < -0.3 is 20.2 Å².